The van der Waals surface area contributed by atoms with E-state index in [-0.39, 0.29) is 6.61 Å². The number of ether oxygens (including phenoxy) is 1. The van der Waals surface area contributed by atoms with Crippen molar-refractivity contribution in [3.63, 3.8) is 0 Å². The Bertz CT molecular complexity index is 692. The first-order valence-electron chi connectivity index (χ1n) is 6.65. The summed E-state index contributed by atoms with van der Waals surface area (Å²) in [5.74, 6) is 0.0792. The summed E-state index contributed by atoms with van der Waals surface area (Å²) in [5.41, 5.74) is 8.25. The molecule has 6 heteroatoms. The fourth-order valence-corrected chi connectivity index (χ4v) is 2.61. The first kappa shape index (κ1) is 16.6. The number of halogens is 2. The average Bonchev–Trinajstić information content (AvgIpc) is 2.47. The number of carbonyl (C=O) groups excluding carboxylic acids is 1. The summed E-state index contributed by atoms with van der Waals surface area (Å²) >= 11 is 9.43. The van der Waals surface area contributed by atoms with Crippen LogP contribution in [0, 0.1) is 6.92 Å². The standard InChI is InChI=1S/C16H16BrClN2O2/c1-10-2-4-12(18)7-14(10)20-8-11-3-5-15(13(17)6-11)22-9-16(19)21/h2-7,20H,8-9H2,1H3,(H2,19,21). The summed E-state index contributed by atoms with van der Waals surface area (Å²) in [5, 5.41) is 4.05. The Balaban J connectivity index is 2.03. The van der Waals surface area contributed by atoms with Crippen molar-refractivity contribution in [1.29, 1.82) is 0 Å². The highest BCUT2D eigenvalue weighted by Gasteiger charge is 2.05. The Labute approximate surface area is 142 Å². The zero-order valence-corrected chi connectivity index (χ0v) is 14.4. The molecule has 4 nitrogen and oxygen atoms in total. The van der Waals surface area contributed by atoms with Crippen LogP contribution < -0.4 is 15.8 Å². The lowest BCUT2D eigenvalue weighted by Gasteiger charge is -2.12. The van der Waals surface area contributed by atoms with E-state index in [2.05, 4.69) is 21.2 Å². The second-order valence-electron chi connectivity index (χ2n) is 4.83. The quantitative estimate of drug-likeness (QED) is 0.795. The van der Waals surface area contributed by atoms with Gasteiger partial charge in [-0.1, -0.05) is 23.7 Å². The molecule has 0 saturated carbocycles. The fourth-order valence-electron chi connectivity index (χ4n) is 1.90. The van der Waals surface area contributed by atoms with Gasteiger partial charge < -0.3 is 15.8 Å². The maximum Gasteiger partial charge on any atom is 0.255 e. The number of hydrogen-bond donors (Lipinski definition) is 2. The van der Waals surface area contributed by atoms with Crippen LogP contribution in [0.3, 0.4) is 0 Å². The van der Waals surface area contributed by atoms with E-state index in [0.717, 1.165) is 21.3 Å². The molecular weight excluding hydrogens is 368 g/mol. The summed E-state index contributed by atoms with van der Waals surface area (Å²) in [6.45, 7) is 2.53. The molecule has 0 aromatic heterocycles. The van der Waals surface area contributed by atoms with Crippen LogP contribution in [0.25, 0.3) is 0 Å². The number of primary amides is 1. The number of hydrogen-bond acceptors (Lipinski definition) is 3. The Morgan fingerprint density at radius 2 is 2.09 bits per heavy atom. The molecule has 3 N–H and O–H groups in total. The number of nitrogens with one attached hydrogen (secondary N) is 1. The van der Waals surface area contributed by atoms with Crippen LogP contribution in [-0.4, -0.2) is 12.5 Å². The Kier molecular flexibility index (Phi) is 5.69. The van der Waals surface area contributed by atoms with Crippen molar-refractivity contribution in [2.24, 2.45) is 5.73 Å². The first-order chi connectivity index (χ1) is 10.5. The van der Waals surface area contributed by atoms with E-state index in [4.69, 9.17) is 22.1 Å². The minimum Gasteiger partial charge on any atom is -0.483 e. The highest BCUT2D eigenvalue weighted by atomic mass is 79.9. The largest absolute Gasteiger partial charge is 0.483 e. The van der Waals surface area contributed by atoms with Gasteiger partial charge in [-0.25, -0.2) is 0 Å². The number of aryl methyl sites for hydroxylation is 1. The molecule has 0 heterocycles. The molecule has 22 heavy (non-hydrogen) atoms. The summed E-state index contributed by atoms with van der Waals surface area (Å²) < 4.78 is 6.07. The van der Waals surface area contributed by atoms with Gasteiger partial charge in [0.1, 0.15) is 5.75 Å². The van der Waals surface area contributed by atoms with Gasteiger partial charge in [0.05, 0.1) is 4.47 Å². The molecule has 116 valence electrons. The van der Waals surface area contributed by atoms with Gasteiger partial charge >= 0.3 is 0 Å². The number of anilines is 1. The molecule has 2 rings (SSSR count). The van der Waals surface area contributed by atoms with Crippen molar-refractivity contribution in [3.05, 3.63) is 57.0 Å². The van der Waals surface area contributed by atoms with Crippen molar-refractivity contribution < 1.29 is 9.53 Å². The van der Waals surface area contributed by atoms with Gasteiger partial charge in [0.15, 0.2) is 6.61 Å². The van der Waals surface area contributed by atoms with Gasteiger partial charge in [-0.05, 0) is 58.2 Å². The molecule has 0 aliphatic heterocycles. The lowest BCUT2D eigenvalue weighted by molar-refractivity contribution is -0.119. The van der Waals surface area contributed by atoms with Gasteiger partial charge in [-0.2, -0.15) is 0 Å². The predicted octanol–water partition coefficient (Wildman–Crippen LogP) is 3.89. The monoisotopic (exact) mass is 382 g/mol. The molecule has 0 radical (unpaired) electrons. The maximum atomic E-state index is 10.7. The van der Waals surface area contributed by atoms with E-state index in [1.807, 2.05) is 37.3 Å². The highest BCUT2D eigenvalue weighted by molar-refractivity contribution is 9.10. The number of carbonyl (C=O) groups is 1. The second kappa shape index (κ2) is 7.51. The topological polar surface area (TPSA) is 64.3 Å². The fraction of sp³-hybridized carbons (Fsp3) is 0.188. The third-order valence-corrected chi connectivity index (χ3v) is 3.90. The number of nitrogens with two attached hydrogens (primary N) is 1. The van der Waals surface area contributed by atoms with Gasteiger partial charge in [-0.3, -0.25) is 4.79 Å². The Hall–Kier alpha value is -1.72. The molecule has 0 bridgehead atoms. The van der Waals surface area contributed by atoms with Crippen LogP contribution in [0.5, 0.6) is 5.75 Å². The summed E-state index contributed by atoms with van der Waals surface area (Å²) in [7, 11) is 0. The van der Waals surface area contributed by atoms with Crippen molar-refractivity contribution >= 4 is 39.1 Å². The first-order valence-corrected chi connectivity index (χ1v) is 7.82. The summed E-state index contributed by atoms with van der Waals surface area (Å²) in [6, 6.07) is 11.4. The van der Waals surface area contributed by atoms with Crippen LogP contribution in [0.15, 0.2) is 40.9 Å². The SMILES string of the molecule is Cc1ccc(Cl)cc1NCc1ccc(OCC(N)=O)c(Br)c1. The zero-order valence-electron chi connectivity index (χ0n) is 12.0. The van der Waals surface area contributed by atoms with Gasteiger partial charge in [-0.15, -0.1) is 0 Å². The molecule has 0 atom stereocenters. The molecule has 1 amide bonds. The molecule has 2 aromatic rings. The van der Waals surface area contributed by atoms with Gasteiger partial charge in [0.2, 0.25) is 0 Å². The molecular formula is C16H16BrClN2O2. The second-order valence-corrected chi connectivity index (χ2v) is 6.12. The highest BCUT2D eigenvalue weighted by Crippen LogP contribution is 2.27. The van der Waals surface area contributed by atoms with E-state index in [1.165, 1.54) is 0 Å². The lowest BCUT2D eigenvalue weighted by atomic mass is 10.1. The number of rotatable bonds is 6. The molecule has 2 aromatic carbocycles. The van der Waals surface area contributed by atoms with Crippen molar-refractivity contribution in [3.8, 4) is 5.75 Å². The third-order valence-electron chi connectivity index (χ3n) is 3.05. The van der Waals surface area contributed by atoms with E-state index in [1.54, 1.807) is 6.07 Å². The van der Waals surface area contributed by atoms with Crippen LogP contribution in [0.4, 0.5) is 5.69 Å². The van der Waals surface area contributed by atoms with Gasteiger partial charge in [0.25, 0.3) is 5.91 Å². The molecule has 0 saturated heterocycles. The zero-order chi connectivity index (χ0) is 16.1. The summed E-state index contributed by atoms with van der Waals surface area (Å²) in [4.78, 5) is 10.7. The van der Waals surface area contributed by atoms with Crippen LogP contribution in [0.2, 0.25) is 5.02 Å². The van der Waals surface area contributed by atoms with Crippen molar-refractivity contribution in [2.45, 2.75) is 13.5 Å². The minimum absolute atomic E-state index is 0.141. The average molecular weight is 384 g/mol. The van der Waals surface area contributed by atoms with Crippen LogP contribution >= 0.6 is 27.5 Å². The van der Waals surface area contributed by atoms with E-state index < -0.39 is 5.91 Å². The van der Waals surface area contributed by atoms with Crippen molar-refractivity contribution in [2.75, 3.05) is 11.9 Å². The van der Waals surface area contributed by atoms with E-state index >= 15 is 0 Å². The molecule has 0 spiro atoms. The Morgan fingerprint density at radius 1 is 1.32 bits per heavy atom. The minimum atomic E-state index is -0.505. The predicted molar refractivity (Wildman–Crippen MR) is 92.3 cm³/mol. The van der Waals surface area contributed by atoms with E-state index in [0.29, 0.717) is 17.3 Å². The number of benzene rings is 2. The smallest absolute Gasteiger partial charge is 0.255 e. The van der Waals surface area contributed by atoms with E-state index in [9.17, 15) is 4.79 Å². The summed E-state index contributed by atoms with van der Waals surface area (Å²) in [6.07, 6.45) is 0. The number of amides is 1. The molecule has 0 aliphatic rings. The van der Waals surface area contributed by atoms with Gasteiger partial charge in [0, 0.05) is 17.3 Å². The third kappa shape index (κ3) is 4.64. The molecule has 0 aliphatic carbocycles. The Morgan fingerprint density at radius 3 is 2.77 bits per heavy atom. The van der Waals surface area contributed by atoms with Crippen molar-refractivity contribution in [1.82, 2.24) is 0 Å². The molecule has 0 unspecified atom stereocenters. The molecule has 0 fully saturated rings. The normalized spacial score (nSPS) is 10.3. The maximum absolute atomic E-state index is 10.7. The lowest BCUT2D eigenvalue weighted by Crippen LogP contribution is -2.20. The van der Waals surface area contributed by atoms with Crippen LogP contribution in [-0.2, 0) is 11.3 Å². The van der Waals surface area contributed by atoms with Crippen LogP contribution in [0.1, 0.15) is 11.1 Å².